The predicted octanol–water partition coefficient (Wildman–Crippen LogP) is 6.62. The maximum atomic E-state index is 13.4. The zero-order valence-electron chi connectivity index (χ0n) is 19.4. The molecule has 3 rings (SSSR count). The Balaban J connectivity index is 1.69. The zero-order valence-corrected chi connectivity index (χ0v) is 21.7. The van der Waals surface area contributed by atoms with Crippen LogP contribution in [0.3, 0.4) is 0 Å². The van der Waals surface area contributed by atoms with Gasteiger partial charge in [0.2, 0.25) is 11.8 Å². The summed E-state index contributed by atoms with van der Waals surface area (Å²) in [6.07, 6.45) is 5.90. The van der Waals surface area contributed by atoms with Crippen molar-refractivity contribution < 1.29 is 14.0 Å². The van der Waals surface area contributed by atoms with Crippen molar-refractivity contribution >= 4 is 46.8 Å². The number of hydrogen-bond donors (Lipinski definition) is 1. The van der Waals surface area contributed by atoms with Crippen LogP contribution in [-0.2, 0) is 21.9 Å². The van der Waals surface area contributed by atoms with Gasteiger partial charge in [0.25, 0.3) is 0 Å². The molecule has 1 atom stereocenters. The lowest BCUT2D eigenvalue weighted by molar-refractivity contribution is -0.139. The largest absolute Gasteiger partial charge is 0.352 e. The summed E-state index contributed by atoms with van der Waals surface area (Å²) in [4.78, 5) is 28.2. The number of nitrogens with zero attached hydrogens (tertiary/aromatic N) is 1. The molecule has 0 spiro atoms. The average molecular weight is 526 g/mol. The molecule has 0 heterocycles. The third-order valence-electron chi connectivity index (χ3n) is 6.08. The molecule has 0 unspecified atom stereocenters. The van der Waals surface area contributed by atoms with Gasteiger partial charge in [-0.15, -0.1) is 11.8 Å². The van der Waals surface area contributed by atoms with Crippen LogP contribution in [0, 0.1) is 5.82 Å². The molecule has 34 heavy (non-hydrogen) atoms. The summed E-state index contributed by atoms with van der Waals surface area (Å²) >= 11 is 13.5. The molecule has 2 aromatic rings. The molecule has 1 fully saturated rings. The summed E-state index contributed by atoms with van der Waals surface area (Å²) in [7, 11) is 0. The van der Waals surface area contributed by atoms with E-state index in [-0.39, 0.29) is 36.0 Å². The van der Waals surface area contributed by atoms with Crippen molar-refractivity contribution in [2.45, 2.75) is 69.8 Å². The van der Waals surface area contributed by atoms with Gasteiger partial charge in [0, 0.05) is 18.3 Å². The van der Waals surface area contributed by atoms with Crippen LogP contribution >= 0.6 is 35.0 Å². The summed E-state index contributed by atoms with van der Waals surface area (Å²) in [6.45, 7) is 2.17. The molecule has 0 saturated heterocycles. The number of carbonyl (C=O) groups excluding carboxylic acids is 2. The molecule has 2 amide bonds. The molecular weight excluding hydrogens is 494 g/mol. The second-order valence-corrected chi connectivity index (χ2v) is 10.5. The van der Waals surface area contributed by atoms with Gasteiger partial charge in [0.05, 0.1) is 15.8 Å². The van der Waals surface area contributed by atoms with Crippen LogP contribution in [0.15, 0.2) is 42.5 Å². The van der Waals surface area contributed by atoms with Crippen LogP contribution in [0.25, 0.3) is 0 Å². The topological polar surface area (TPSA) is 49.4 Å². The molecule has 0 aliphatic heterocycles. The van der Waals surface area contributed by atoms with Gasteiger partial charge in [-0.2, -0.15) is 0 Å². The Bertz CT molecular complexity index is 968. The van der Waals surface area contributed by atoms with Crippen molar-refractivity contribution in [1.29, 1.82) is 0 Å². The second-order valence-electron chi connectivity index (χ2n) is 8.66. The molecule has 2 aromatic carbocycles. The fraction of sp³-hybridized carbons (Fsp3) is 0.462. The number of halogens is 3. The predicted molar refractivity (Wildman–Crippen MR) is 139 cm³/mol. The highest BCUT2D eigenvalue weighted by molar-refractivity contribution is 7.99. The van der Waals surface area contributed by atoms with Gasteiger partial charge in [0.1, 0.15) is 11.9 Å². The van der Waals surface area contributed by atoms with E-state index >= 15 is 0 Å². The smallest absolute Gasteiger partial charge is 0.243 e. The first kappa shape index (κ1) is 26.8. The van der Waals surface area contributed by atoms with E-state index in [1.54, 1.807) is 29.2 Å². The van der Waals surface area contributed by atoms with Crippen LogP contribution in [0.5, 0.6) is 0 Å². The van der Waals surface area contributed by atoms with E-state index in [0.29, 0.717) is 22.2 Å². The molecule has 184 valence electrons. The van der Waals surface area contributed by atoms with Gasteiger partial charge in [-0.3, -0.25) is 9.59 Å². The van der Waals surface area contributed by atoms with Crippen LogP contribution in [0.4, 0.5) is 4.39 Å². The number of rotatable bonds is 10. The van der Waals surface area contributed by atoms with Gasteiger partial charge in [-0.25, -0.2) is 4.39 Å². The minimum atomic E-state index is -0.579. The minimum Gasteiger partial charge on any atom is -0.352 e. The van der Waals surface area contributed by atoms with E-state index in [9.17, 15) is 14.0 Å². The highest BCUT2D eigenvalue weighted by Gasteiger charge is 2.30. The number of amides is 2. The molecule has 0 radical (unpaired) electrons. The minimum absolute atomic E-state index is 0.112. The standard InChI is InChI=1S/C26H31Cl2FN2O2S/c1-2-24(26(33)30-21-6-4-3-5-7-21)31(15-18-8-11-20(29)12-9-18)25(32)17-34-16-19-10-13-22(27)23(28)14-19/h8-14,21,24H,2-7,15-17H2,1H3,(H,30,33)/t24-/m0/s1. The van der Waals surface area contributed by atoms with Crippen molar-refractivity contribution in [3.8, 4) is 0 Å². The Hall–Kier alpha value is -1.76. The van der Waals surface area contributed by atoms with E-state index in [1.165, 1.54) is 30.3 Å². The highest BCUT2D eigenvalue weighted by atomic mass is 35.5. The van der Waals surface area contributed by atoms with E-state index in [4.69, 9.17) is 23.2 Å². The van der Waals surface area contributed by atoms with Crippen molar-refractivity contribution in [3.05, 3.63) is 69.5 Å². The highest BCUT2D eigenvalue weighted by Crippen LogP contribution is 2.25. The molecule has 1 saturated carbocycles. The van der Waals surface area contributed by atoms with Crippen molar-refractivity contribution in [3.63, 3.8) is 0 Å². The van der Waals surface area contributed by atoms with Crippen LogP contribution in [0.1, 0.15) is 56.6 Å². The Kier molecular flexibility index (Phi) is 10.5. The Labute approximate surface area is 215 Å². The van der Waals surface area contributed by atoms with E-state index in [0.717, 1.165) is 36.8 Å². The molecule has 0 aromatic heterocycles. The van der Waals surface area contributed by atoms with E-state index < -0.39 is 6.04 Å². The Morgan fingerprint density at radius 3 is 2.38 bits per heavy atom. The summed E-state index contributed by atoms with van der Waals surface area (Å²) in [5.41, 5.74) is 1.76. The average Bonchev–Trinajstić information content (AvgIpc) is 2.83. The first-order valence-corrected chi connectivity index (χ1v) is 13.6. The Morgan fingerprint density at radius 2 is 1.74 bits per heavy atom. The maximum Gasteiger partial charge on any atom is 0.243 e. The lowest BCUT2D eigenvalue weighted by Crippen LogP contribution is -2.52. The summed E-state index contributed by atoms with van der Waals surface area (Å²) in [5, 5.41) is 4.14. The number of benzene rings is 2. The van der Waals surface area contributed by atoms with Gasteiger partial charge in [-0.05, 0) is 54.7 Å². The zero-order chi connectivity index (χ0) is 24.5. The van der Waals surface area contributed by atoms with Crippen LogP contribution in [0.2, 0.25) is 10.0 Å². The monoisotopic (exact) mass is 524 g/mol. The molecule has 1 aliphatic rings. The number of carbonyl (C=O) groups is 2. The van der Waals surface area contributed by atoms with Crippen LogP contribution < -0.4 is 5.32 Å². The maximum absolute atomic E-state index is 13.4. The quantitative estimate of drug-likeness (QED) is 0.379. The molecule has 4 nitrogen and oxygen atoms in total. The molecule has 1 N–H and O–H groups in total. The van der Waals surface area contributed by atoms with E-state index in [1.807, 2.05) is 13.0 Å². The number of hydrogen-bond acceptors (Lipinski definition) is 3. The van der Waals surface area contributed by atoms with E-state index in [2.05, 4.69) is 5.32 Å². The molecule has 0 bridgehead atoms. The van der Waals surface area contributed by atoms with Gasteiger partial charge < -0.3 is 10.2 Å². The lowest BCUT2D eigenvalue weighted by Gasteiger charge is -2.32. The van der Waals surface area contributed by atoms with Gasteiger partial charge >= 0.3 is 0 Å². The first-order chi connectivity index (χ1) is 16.4. The van der Waals surface area contributed by atoms with Crippen LogP contribution in [-0.4, -0.2) is 34.6 Å². The first-order valence-electron chi connectivity index (χ1n) is 11.7. The SMILES string of the molecule is CC[C@@H](C(=O)NC1CCCCC1)N(Cc1ccc(F)cc1)C(=O)CSCc1ccc(Cl)c(Cl)c1. The van der Waals surface area contributed by atoms with Gasteiger partial charge in [-0.1, -0.05) is 67.6 Å². The third kappa shape index (κ3) is 7.89. The number of thioether (sulfide) groups is 1. The van der Waals surface area contributed by atoms with Gasteiger partial charge in [0.15, 0.2) is 0 Å². The second kappa shape index (κ2) is 13.4. The third-order valence-corrected chi connectivity index (χ3v) is 7.81. The van der Waals surface area contributed by atoms with Crippen molar-refractivity contribution in [2.75, 3.05) is 5.75 Å². The summed E-state index contributed by atoms with van der Waals surface area (Å²) in [5.74, 6) is 0.243. The fourth-order valence-corrected chi connectivity index (χ4v) is 5.40. The normalized spacial score (nSPS) is 15.1. The Morgan fingerprint density at radius 1 is 1.06 bits per heavy atom. The molecular formula is C26H31Cl2FN2O2S. The van der Waals surface area contributed by atoms with Crippen molar-refractivity contribution in [1.82, 2.24) is 10.2 Å². The fourth-order valence-electron chi connectivity index (χ4n) is 4.22. The molecule has 8 heteroatoms. The van der Waals surface area contributed by atoms with Crippen molar-refractivity contribution in [2.24, 2.45) is 0 Å². The summed E-state index contributed by atoms with van der Waals surface area (Å²) < 4.78 is 13.4. The number of nitrogens with one attached hydrogen (secondary N) is 1. The lowest BCUT2D eigenvalue weighted by atomic mass is 9.95. The molecule has 1 aliphatic carbocycles. The summed E-state index contributed by atoms with van der Waals surface area (Å²) in [6, 6.07) is 11.1.